The lowest BCUT2D eigenvalue weighted by atomic mass is 10.0. The zero-order chi connectivity index (χ0) is 15.0. The van der Waals surface area contributed by atoms with Gasteiger partial charge in [-0.1, -0.05) is 0 Å². The normalized spacial score (nSPS) is 21.1. The van der Waals surface area contributed by atoms with Crippen LogP contribution in [0.5, 0.6) is 0 Å². The molecule has 0 radical (unpaired) electrons. The Morgan fingerprint density at radius 3 is 2.95 bits per heavy atom. The second-order valence-corrected chi connectivity index (χ2v) is 5.48. The van der Waals surface area contributed by atoms with Gasteiger partial charge in [0.15, 0.2) is 0 Å². The van der Waals surface area contributed by atoms with Gasteiger partial charge in [-0.2, -0.15) is 5.26 Å². The fraction of sp³-hybridized carbons (Fsp3) is 0.467. The second kappa shape index (κ2) is 5.17. The number of aromatic nitrogens is 1. The fourth-order valence-electron chi connectivity index (χ4n) is 2.88. The first-order valence-electron chi connectivity index (χ1n) is 7.10. The van der Waals surface area contributed by atoms with E-state index >= 15 is 0 Å². The summed E-state index contributed by atoms with van der Waals surface area (Å²) in [7, 11) is 1.49. The van der Waals surface area contributed by atoms with E-state index in [0.29, 0.717) is 24.2 Å². The first-order chi connectivity index (χ1) is 10.1. The maximum atomic E-state index is 12.1. The predicted molar refractivity (Wildman–Crippen MR) is 75.4 cm³/mol. The molecule has 1 N–H and O–H groups in total. The highest BCUT2D eigenvalue weighted by Crippen LogP contribution is 2.26. The van der Waals surface area contributed by atoms with Gasteiger partial charge in [-0.15, -0.1) is 0 Å². The van der Waals surface area contributed by atoms with Gasteiger partial charge in [-0.25, -0.2) is 4.98 Å². The topological polar surface area (TPSA) is 86.1 Å². The summed E-state index contributed by atoms with van der Waals surface area (Å²) >= 11 is 0. The van der Waals surface area contributed by atoms with E-state index in [1.54, 1.807) is 0 Å². The van der Waals surface area contributed by atoms with Gasteiger partial charge in [0.1, 0.15) is 17.9 Å². The molecule has 1 atom stereocenters. The van der Waals surface area contributed by atoms with E-state index in [4.69, 9.17) is 0 Å². The molecule has 1 aliphatic carbocycles. The molecule has 0 spiro atoms. The molecular formula is C15H16N4O2. The monoisotopic (exact) mass is 284 g/mol. The van der Waals surface area contributed by atoms with E-state index in [9.17, 15) is 14.9 Å². The number of pyridine rings is 1. The van der Waals surface area contributed by atoms with Crippen LogP contribution in [0.3, 0.4) is 0 Å². The van der Waals surface area contributed by atoms with Gasteiger partial charge in [0, 0.05) is 19.2 Å². The molecule has 1 saturated heterocycles. The number of nitrogens with zero attached hydrogens (tertiary/aromatic N) is 3. The molecule has 2 heterocycles. The van der Waals surface area contributed by atoms with E-state index in [0.717, 1.165) is 35.4 Å². The van der Waals surface area contributed by atoms with E-state index in [2.05, 4.69) is 16.4 Å². The van der Waals surface area contributed by atoms with Crippen LogP contribution in [0.25, 0.3) is 0 Å². The molecule has 0 bridgehead atoms. The number of carbonyl (C=O) groups excluding carboxylic acids is 2. The van der Waals surface area contributed by atoms with Crippen LogP contribution in [0.4, 0.5) is 5.82 Å². The molecule has 108 valence electrons. The molecule has 21 heavy (non-hydrogen) atoms. The van der Waals surface area contributed by atoms with Crippen LogP contribution in [0.2, 0.25) is 0 Å². The Morgan fingerprint density at radius 1 is 1.38 bits per heavy atom. The molecule has 1 fully saturated rings. The summed E-state index contributed by atoms with van der Waals surface area (Å²) in [5.74, 6) is 0.0251. The Bertz CT molecular complexity index is 662. The van der Waals surface area contributed by atoms with Crippen LogP contribution in [0, 0.1) is 11.3 Å². The minimum atomic E-state index is -0.494. The molecule has 0 saturated carbocycles. The van der Waals surface area contributed by atoms with Gasteiger partial charge >= 0.3 is 0 Å². The van der Waals surface area contributed by atoms with Crippen LogP contribution in [0.1, 0.15) is 36.1 Å². The maximum absolute atomic E-state index is 12.1. The quantitative estimate of drug-likeness (QED) is 0.819. The van der Waals surface area contributed by atoms with Gasteiger partial charge in [-0.05, 0) is 37.3 Å². The molecule has 1 aromatic rings. The molecule has 2 amide bonds. The molecular weight excluding hydrogens is 268 g/mol. The first-order valence-corrected chi connectivity index (χ1v) is 7.10. The first kappa shape index (κ1) is 13.6. The van der Waals surface area contributed by atoms with Gasteiger partial charge in [0.05, 0.1) is 5.56 Å². The van der Waals surface area contributed by atoms with Gasteiger partial charge in [-0.3, -0.25) is 14.5 Å². The Kier molecular flexibility index (Phi) is 3.34. The zero-order valence-corrected chi connectivity index (χ0v) is 11.8. The van der Waals surface area contributed by atoms with Gasteiger partial charge < -0.3 is 5.32 Å². The molecule has 2 aliphatic rings. The third kappa shape index (κ3) is 2.35. The van der Waals surface area contributed by atoms with Crippen molar-refractivity contribution in [2.24, 2.45) is 0 Å². The van der Waals surface area contributed by atoms with Crippen molar-refractivity contribution in [2.45, 2.75) is 38.1 Å². The number of aryl methyl sites for hydroxylation is 2. The minimum absolute atomic E-state index is 0.166. The summed E-state index contributed by atoms with van der Waals surface area (Å²) in [5.41, 5.74) is 2.59. The van der Waals surface area contributed by atoms with Crippen LogP contribution in [-0.2, 0) is 22.4 Å². The predicted octanol–water partition coefficient (Wildman–Crippen LogP) is 1.00. The number of likely N-dealkylation sites (N-methyl/N-ethyl adjacent to an activating group) is 1. The Balaban J connectivity index is 1.87. The van der Waals surface area contributed by atoms with E-state index in [1.165, 1.54) is 7.05 Å². The number of fused-ring (bicyclic) bond motifs is 1. The number of likely N-dealkylation sites (tertiary alicyclic amines) is 1. The van der Waals surface area contributed by atoms with Crippen LogP contribution in [0.15, 0.2) is 6.07 Å². The minimum Gasteiger partial charge on any atom is -0.357 e. The van der Waals surface area contributed by atoms with Crippen molar-refractivity contribution in [3.63, 3.8) is 0 Å². The van der Waals surface area contributed by atoms with Crippen molar-refractivity contribution in [1.29, 1.82) is 5.26 Å². The average molecular weight is 284 g/mol. The Labute approximate surface area is 122 Å². The SMILES string of the molecule is CN1C(=O)CCC(Nc2nc3c(cc2C#N)CCC3)C1=O. The van der Waals surface area contributed by atoms with Crippen molar-refractivity contribution in [3.8, 4) is 6.07 Å². The molecule has 1 unspecified atom stereocenters. The third-order valence-electron chi connectivity index (χ3n) is 4.13. The number of nitriles is 1. The number of nitrogens with one attached hydrogen (secondary N) is 1. The summed E-state index contributed by atoms with van der Waals surface area (Å²) in [4.78, 5) is 29.2. The highest BCUT2D eigenvalue weighted by atomic mass is 16.2. The second-order valence-electron chi connectivity index (χ2n) is 5.48. The lowest BCUT2D eigenvalue weighted by Crippen LogP contribution is -2.48. The third-order valence-corrected chi connectivity index (χ3v) is 4.13. The Hall–Kier alpha value is -2.42. The van der Waals surface area contributed by atoms with Crippen molar-refractivity contribution >= 4 is 17.6 Å². The number of amides is 2. The van der Waals surface area contributed by atoms with Crippen molar-refractivity contribution in [2.75, 3.05) is 12.4 Å². The highest BCUT2D eigenvalue weighted by molar-refractivity contribution is 6.01. The lowest BCUT2D eigenvalue weighted by molar-refractivity contribution is -0.146. The lowest BCUT2D eigenvalue weighted by Gasteiger charge is -2.28. The summed E-state index contributed by atoms with van der Waals surface area (Å²) in [6.45, 7) is 0. The van der Waals surface area contributed by atoms with E-state index in [-0.39, 0.29) is 11.8 Å². The molecule has 6 heteroatoms. The number of imide groups is 1. The van der Waals surface area contributed by atoms with E-state index in [1.807, 2.05) is 6.07 Å². The summed E-state index contributed by atoms with van der Waals surface area (Å²) in [6, 6.07) is 3.50. The van der Waals surface area contributed by atoms with E-state index < -0.39 is 6.04 Å². The zero-order valence-electron chi connectivity index (χ0n) is 11.8. The smallest absolute Gasteiger partial charge is 0.251 e. The number of carbonyl (C=O) groups is 2. The summed E-state index contributed by atoms with van der Waals surface area (Å²) in [5, 5.41) is 12.3. The average Bonchev–Trinajstić information content (AvgIpc) is 2.94. The van der Waals surface area contributed by atoms with Crippen molar-refractivity contribution in [3.05, 3.63) is 22.9 Å². The molecule has 3 rings (SSSR count). The summed E-state index contributed by atoms with van der Waals surface area (Å²) < 4.78 is 0. The number of hydrogen-bond acceptors (Lipinski definition) is 5. The number of piperidine rings is 1. The number of rotatable bonds is 2. The number of anilines is 1. The molecule has 0 aromatic carbocycles. The molecule has 1 aromatic heterocycles. The fourth-order valence-corrected chi connectivity index (χ4v) is 2.88. The molecule has 6 nitrogen and oxygen atoms in total. The van der Waals surface area contributed by atoms with Crippen LogP contribution >= 0.6 is 0 Å². The highest BCUT2D eigenvalue weighted by Gasteiger charge is 2.32. The molecule has 1 aliphatic heterocycles. The summed E-state index contributed by atoms with van der Waals surface area (Å²) in [6.07, 6.45) is 3.68. The van der Waals surface area contributed by atoms with Gasteiger partial charge in [0.25, 0.3) is 5.91 Å². The maximum Gasteiger partial charge on any atom is 0.251 e. The Morgan fingerprint density at radius 2 is 2.19 bits per heavy atom. The number of hydrogen-bond donors (Lipinski definition) is 1. The van der Waals surface area contributed by atoms with Crippen molar-refractivity contribution in [1.82, 2.24) is 9.88 Å². The standard InChI is InChI=1S/C15H16N4O2/c1-19-13(20)6-5-12(15(19)21)18-14-10(8-16)7-9-3-2-4-11(9)17-14/h7,12H,2-6H2,1H3,(H,17,18). The van der Waals surface area contributed by atoms with Crippen LogP contribution < -0.4 is 5.32 Å². The van der Waals surface area contributed by atoms with Gasteiger partial charge in [0.2, 0.25) is 5.91 Å². The largest absolute Gasteiger partial charge is 0.357 e. The van der Waals surface area contributed by atoms with Crippen LogP contribution in [-0.4, -0.2) is 34.8 Å². The van der Waals surface area contributed by atoms with Crippen molar-refractivity contribution < 1.29 is 9.59 Å².